The van der Waals surface area contributed by atoms with Crippen molar-refractivity contribution in [3.05, 3.63) is 0 Å². The summed E-state index contributed by atoms with van der Waals surface area (Å²) in [4.78, 5) is 11.0. The Kier molecular flexibility index (Phi) is 3.11. The van der Waals surface area contributed by atoms with E-state index in [2.05, 4.69) is 5.32 Å². The average molecular weight is 231 g/mol. The van der Waals surface area contributed by atoms with E-state index in [-0.39, 0.29) is 11.8 Å². The molecule has 1 saturated carbocycles. The molecule has 0 radical (unpaired) electrons. The fourth-order valence-corrected chi connectivity index (χ4v) is 4.05. The summed E-state index contributed by atoms with van der Waals surface area (Å²) in [6.45, 7) is 0. The Balaban J connectivity index is 1.81. The molecule has 2 fully saturated rings. The molecule has 0 bridgehead atoms. The molecule has 1 aliphatic carbocycles. The zero-order chi connectivity index (χ0) is 10.9. The van der Waals surface area contributed by atoms with Crippen molar-refractivity contribution in [2.45, 2.75) is 44.2 Å². The van der Waals surface area contributed by atoms with Crippen molar-refractivity contribution in [1.29, 1.82) is 0 Å². The van der Waals surface area contributed by atoms with Gasteiger partial charge >= 0.3 is 0 Å². The molecule has 0 amide bonds. The van der Waals surface area contributed by atoms with Crippen LogP contribution in [0, 0.1) is 0 Å². The number of carbonyl (C=O) groups is 1. The van der Waals surface area contributed by atoms with E-state index in [1.54, 1.807) is 0 Å². The molecule has 4 nitrogen and oxygen atoms in total. The average Bonchev–Trinajstić information content (AvgIpc) is 2.50. The first kappa shape index (κ1) is 11.1. The zero-order valence-corrected chi connectivity index (χ0v) is 9.55. The first-order valence-electron chi connectivity index (χ1n) is 5.53. The molecule has 1 atom stereocenters. The number of Topliss-reactive ketones (excluding diaryl/α,β-unsaturated/α-hetero) is 1. The van der Waals surface area contributed by atoms with Gasteiger partial charge in [-0.05, 0) is 19.3 Å². The van der Waals surface area contributed by atoms with Gasteiger partial charge in [-0.15, -0.1) is 0 Å². The molecule has 1 N–H and O–H groups in total. The number of carbonyl (C=O) groups excluding carboxylic acids is 1. The lowest BCUT2D eigenvalue weighted by Gasteiger charge is -2.25. The monoisotopic (exact) mass is 231 g/mol. The highest BCUT2D eigenvalue weighted by Crippen LogP contribution is 2.18. The van der Waals surface area contributed by atoms with Gasteiger partial charge in [-0.3, -0.25) is 4.79 Å². The van der Waals surface area contributed by atoms with Crippen molar-refractivity contribution < 1.29 is 13.2 Å². The third-order valence-corrected chi connectivity index (χ3v) is 5.02. The predicted octanol–water partition coefficient (Wildman–Crippen LogP) is 0.275. The Hall–Kier alpha value is -0.420. The Morgan fingerprint density at radius 1 is 1.07 bits per heavy atom. The van der Waals surface area contributed by atoms with Crippen LogP contribution >= 0.6 is 0 Å². The van der Waals surface area contributed by atoms with Crippen molar-refractivity contribution in [1.82, 2.24) is 5.32 Å². The van der Waals surface area contributed by atoms with Gasteiger partial charge in [-0.25, -0.2) is 8.42 Å². The molecule has 0 spiro atoms. The largest absolute Gasteiger partial charge is 0.310 e. The van der Waals surface area contributed by atoms with E-state index in [0.717, 1.165) is 19.3 Å². The lowest BCUT2D eigenvalue weighted by molar-refractivity contribution is -0.120. The fourth-order valence-electron chi connectivity index (χ4n) is 2.37. The maximum absolute atomic E-state index is 11.2. The summed E-state index contributed by atoms with van der Waals surface area (Å²) in [6, 6.07) is 0.467. The highest BCUT2D eigenvalue weighted by molar-refractivity contribution is 7.91. The first-order valence-corrected chi connectivity index (χ1v) is 7.35. The highest BCUT2D eigenvalue weighted by atomic mass is 32.2. The normalized spacial score (nSPS) is 32.0. The summed E-state index contributed by atoms with van der Waals surface area (Å²) < 4.78 is 22.5. The molecule has 2 rings (SSSR count). The fraction of sp³-hybridized carbons (Fsp3) is 0.900. The third-order valence-electron chi connectivity index (χ3n) is 3.25. The Labute approximate surface area is 90.3 Å². The second-order valence-electron chi connectivity index (χ2n) is 4.58. The number of hydrogen-bond donors (Lipinski definition) is 1. The van der Waals surface area contributed by atoms with Gasteiger partial charge in [-0.2, -0.15) is 0 Å². The molecule has 1 aliphatic heterocycles. The SMILES string of the molecule is O=C1CCC(NC2CCS(=O)(=O)C2)CC1. The van der Waals surface area contributed by atoms with E-state index in [1.807, 2.05) is 0 Å². The van der Waals surface area contributed by atoms with Crippen LogP contribution in [0.3, 0.4) is 0 Å². The van der Waals surface area contributed by atoms with Crippen LogP contribution in [0.4, 0.5) is 0 Å². The van der Waals surface area contributed by atoms with E-state index in [0.29, 0.717) is 30.4 Å². The maximum atomic E-state index is 11.2. The van der Waals surface area contributed by atoms with Crippen molar-refractivity contribution in [2.24, 2.45) is 0 Å². The van der Waals surface area contributed by atoms with E-state index in [1.165, 1.54) is 0 Å². The minimum atomic E-state index is -2.79. The predicted molar refractivity (Wildman–Crippen MR) is 57.5 cm³/mol. The number of sulfone groups is 1. The van der Waals surface area contributed by atoms with Gasteiger partial charge < -0.3 is 5.32 Å². The van der Waals surface area contributed by atoms with Gasteiger partial charge in [0.05, 0.1) is 11.5 Å². The zero-order valence-electron chi connectivity index (χ0n) is 8.74. The molecule has 0 aromatic carbocycles. The van der Waals surface area contributed by atoms with Crippen molar-refractivity contribution in [3.8, 4) is 0 Å². The van der Waals surface area contributed by atoms with Gasteiger partial charge in [-0.1, -0.05) is 0 Å². The van der Waals surface area contributed by atoms with Crippen LogP contribution in [0.15, 0.2) is 0 Å². The minimum Gasteiger partial charge on any atom is -0.310 e. The third kappa shape index (κ3) is 3.01. The Bertz CT molecular complexity index is 340. The smallest absolute Gasteiger partial charge is 0.151 e. The Morgan fingerprint density at radius 3 is 2.27 bits per heavy atom. The van der Waals surface area contributed by atoms with Crippen LogP contribution in [-0.2, 0) is 14.6 Å². The highest BCUT2D eigenvalue weighted by Gasteiger charge is 2.30. The number of ketones is 1. The molecule has 0 aromatic heterocycles. The summed E-state index contributed by atoms with van der Waals surface area (Å²) in [7, 11) is -2.79. The number of rotatable bonds is 2. The summed E-state index contributed by atoms with van der Waals surface area (Å²) in [5, 5.41) is 3.36. The van der Waals surface area contributed by atoms with E-state index < -0.39 is 9.84 Å². The van der Waals surface area contributed by atoms with E-state index >= 15 is 0 Å². The molecule has 1 heterocycles. The molecule has 5 heteroatoms. The van der Waals surface area contributed by atoms with Crippen LogP contribution in [0.25, 0.3) is 0 Å². The van der Waals surface area contributed by atoms with Crippen molar-refractivity contribution in [3.63, 3.8) is 0 Å². The summed E-state index contributed by atoms with van der Waals surface area (Å²) in [5.41, 5.74) is 0. The topological polar surface area (TPSA) is 63.2 Å². The second-order valence-corrected chi connectivity index (χ2v) is 6.81. The van der Waals surface area contributed by atoms with Crippen LogP contribution in [0.5, 0.6) is 0 Å². The van der Waals surface area contributed by atoms with Gasteiger partial charge in [0.2, 0.25) is 0 Å². The van der Waals surface area contributed by atoms with Crippen LogP contribution in [0.1, 0.15) is 32.1 Å². The van der Waals surface area contributed by atoms with Crippen LogP contribution < -0.4 is 5.32 Å². The number of hydrogen-bond acceptors (Lipinski definition) is 4. The molecule has 1 unspecified atom stereocenters. The summed E-state index contributed by atoms with van der Waals surface area (Å²) >= 11 is 0. The summed E-state index contributed by atoms with van der Waals surface area (Å²) in [5.74, 6) is 0.931. The van der Waals surface area contributed by atoms with Gasteiger partial charge in [0, 0.05) is 24.9 Å². The van der Waals surface area contributed by atoms with Crippen LogP contribution in [-0.4, -0.2) is 37.8 Å². The minimum absolute atomic E-state index is 0.119. The summed E-state index contributed by atoms with van der Waals surface area (Å²) in [6.07, 6.45) is 3.77. The second kappa shape index (κ2) is 4.22. The lowest BCUT2D eigenvalue weighted by atomic mass is 9.94. The first-order chi connectivity index (χ1) is 7.05. The molecule has 1 saturated heterocycles. The number of nitrogens with one attached hydrogen (secondary N) is 1. The van der Waals surface area contributed by atoms with E-state index in [4.69, 9.17) is 0 Å². The molecular weight excluding hydrogens is 214 g/mol. The molecule has 0 aromatic rings. The van der Waals surface area contributed by atoms with Crippen molar-refractivity contribution in [2.75, 3.05) is 11.5 Å². The molecule has 2 aliphatic rings. The molecular formula is C10H17NO3S. The van der Waals surface area contributed by atoms with Crippen LogP contribution in [0.2, 0.25) is 0 Å². The molecule has 86 valence electrons. The standard InChI is InChI=1S/C10H17NO3S/c12-10-3-1-8(2-4-10)11-9-5-6-15(13,14)7-9/h8-9,11H,1-7H2. The molecule has 15 heavy (non-hydrogen) atoms. The van der Waals surface area contributed by atoms with Gasteiger partial charge in [0.25, 0.3) is 0 Å². The quantitative estimate of drug-likeness (QED) is 0.741. The maximum Gasteiger partial charge on any atom is 0.151 e. The Morgan fingerprint density at radius 2 is 1.73 bits per heavy atom. The van der Waals surface area contributed by atoms with Gasteiger partial charge in [0.1, 0.15) is 5.78 Å². The van der Waals surface area contributed by atoms with Gasteiger partial charge in [0.15, 0.2) is 9.84 Å². The van der Waals surface area contributed by atoms with Crippen molar-refractivity contribution >= 4 is 15.6 Å². The van der Waals surface area contributed by atoms with E-state index in [9.17, 15) is 13.2 Å². The lowest BCUT2D eigenvalue weighted by Crippen LogP contribution is -2.41.